The van der Waals surface area contributed by atoms with E-state index in [2.05, 4.69) is 35.2 Å². The molecule has 1 atom stereocenters. The second kappa shape index (κ2) is 6.16. The van der Waals surface area contributed by atoms with Gasteiger partial charge in [0.2, 0.25) is 0 Å². The molecule has 0 spiro atoms. The van der Waals surface area contributed by atoms with Gasteiger partial charge in [-0.25, -0.2) is 0 Å². The number of hydrogen-bond acceptors (Lipinski definition) is 4. The van der Waals surface area contributed by atoms with Gasteiger partial charge >= 0.3 is 0 Å². The molecule has 1 unspecified atom stereocenters. The van der Waals surface area contributed by atoms with Crippen molar-refractivity contribution in [3.8, 4) is 0 Å². The average Bonchev–Trinajstić information content (AvgIpc) is 2.90. The summed E-state index contributed by atoms with van der Waals surface area (Å²) in [5.41, 5.74) is 3.60. The van der Waals surface area contributed by atoms with Crippen LogP contribution in [0.3, 0.4) is 0 Å². The van der Waals surface area contributed by atoms with Gasteiger partial charge in [-0.3, -0.25) is 4.98 Å². The highest BCUT2D eigenvalue weighted by Crippen LogP contribution is 2.24. The summed E-state index contributed by atoms with van der Waals surface area (Å²) in [4.78, 5) is 6.75. The van der Waals surface area contributed by atoms with E-state index in [0.29, 0.717) is 6.04 Å². The summed E-state index contributed by atoms with van der Waals surface area (Å²) < 4.78 is 5.48. The Kier molecular flexibility index (Phi) is 4.55. The van der Waals surface area contributed by atoms with Gasteiger partial charge in [-0.1, -0.05) is 6.92 Å². The lowest BCUT2D eigenvalue weighted by atomic mass is 10.1. The number of nitrogens with one attached hydrogen (secondary N) is 1. The van der Waals surface area contributed by atoms with Gasteiger partial charge < -0.3 is 15.0 Å². The minimum Gasteiger partial charge on any atom is -0.379 e. The second-order valence-corrected chi connectivity index (χ2v) is 4.86. The van der Waals surface area contributed by atoms with Crippen molar-refractivity contribution < 1.29 is 4.74 Å². The predicted molar refractivity (Wildman–Crippen MR) is 74.0 cm³/mol. The van der Waals surface area contributed by atoms with Gasteiger partial charge in [0.15, 0.2) is 0 Å². The molecule has 18 heavy (non-hydrogen) atoms. The first-order valence-corrected chi connectivity index (χ1v) is 6.69. The van der Waals surface area contributed by atoms with Gasteiger partial charge in [0.25, 0.3) is 0 Å². The Morgan fingerprint density at radius 1 is 1.56 bits per heavy atom. The van der Waals surface area contributed by atoms with Crippen molar-refractivity contribution in [2.24, 2.45) is 0 Å². The molecule has 1 aliphatic heterocycles. The molecule has 1 aromatic rings. The summed E-state index contributed by atoms with van der Waals surface area (Å²) >= 11 is 0. The van der Waals surface area contributed by atoms with Crippen LogP contribution < -0.4 is 10.2 Å². The molecule has 0 aromatic carbocycles. The molecule has 0 saturated carbocycles. The summed E-state index contributed by atoms with van der Waals surface area (Å²) in [5.74, 6) is 0. The van der Waals surface area contributed by atoms with E-state index in [1.165, 1.54) is 11.3 Å². The molecule has 1 aromatic heterocycles. The maximum atomic E-state index is 5.48. The van der Waals surface area contributed by atoms with E-state index in [1.54, 1.807) is 0 Å². The third kappa shape index (κ3) is 3.00. The van der Waals surface area contributed by atoms with Crippen LogP contribution in [0.1, 0.15) is 24.6 Å². The maximum Gasteiger partial charge on any atom is 0.0670 e. The topological polar surface area (TPSA) is 37.4 Å². The van der Waals surface area contributed by atoms with Crippen molar-refractivity contribution >= 4 is 5.69 Å². The molecule has 1 saturated heterocycles. The van der Waals surface area contributed by atoms with Gasteiger partial charge in [0.1, 0.15) is 0 Å². The van der Waals surface area contributed by atoms with Gasteiger partial charge in [-0.05, 0) is 26.0 Å². The van der Waals surface area contributed by atoms with Crippen LogP contribution in [-0.4, -0.2) is 37.8 Å². The zero-order valence-corrected chi connectivity index (χ0v) is 11.6. The lowest BCUT2D eigenvalue weighted by Gasteiger charge is -2.28. The molecular weight excluding hydrogens is 226 g/mol. The first-order chi connectivity index (χ1) is 8.72. The fraction of sp³-hybridized carbons (Fsp3) is 0.643. The number of pyridine rings is 1. The van der Waals surface area contributed by atoms with E-state index >= 15 is 0 Å². The quantitative estimate of drug-likeness (QED) is 0.862. The van der Waals surface area contributed by atoms with Crippen molar-refractivity contribution in [3.05, 3.63) is 23.5 Å². The van der Waals surface area contributed by atoms with Crippen molar-refractivity contribution in [1.82, 2.24) is 10.3 Å². The Morgan fingerprint density at radius 3 is 3.06 bits per heavy atom. The number of aromatic nitrogens is 1. The molecule has 4 heteroatoms. The Hall–Kier alpha value is -1.13. The van der Waals surface area contributed by atoms with Crippen LogP contribution in [0.25, 0.3) is 0 Å². The van der Waals surface area contributed by atoms with Gasteiger partial charge in [-0.2, -0.15) is 0 Å². The third-order valence-corrected chi connectivity index (χ3v) is 3.50. The fourth-order valence-electron chi connectivity index (χ4n) is 2.32. The number of aryl methyl sites for hydroxylation is 1. The maximum absolute atomic E-state index is 5.48. The summed E-state index contributed by atoms with van der Waals surface area (Å²) in [7, 11) is 2.16. The summed E-state index contributed by atoms with van der Waals surface area (Å²) in [6.07, 6.45) is 3.10. The van der Waals surface area contributed by atoms with Crippen LogP contribution in [0.5, 0.6) is 0 Å². The lowest BCUT2D eigenvalue weighted by molar-refractivity contribution is 0.193. The van der Waals surface area contributed by atoms with E-state index in [4.69, 9.17) is 4.74 Å². The standard InChI is InChI=1S/C14H23N3O/c1-4-15-8-12-9-16-11(2)7-14(12)17(3)13-5-6-18-10-13/h7,9,13,15H,4-6,8,10H2,1-3H3. The molecule has 0 radical (unpaired) electrons. The minimum absolute atomic E-state index is 0.493. The number of nitrogens with zero attached hydrogens (tertiary/aromatic N) is 2. The van der Waals surface area contributed by atoms with E-state index in [0.717, 1.165) is 38.4 Å². The first-order valence-electron chi connectivity index (χ1n) is 6.69. The molecule has 0 amide bonds. The minimum atomic E-state index is 0.493. The van der Waals surface area contributed by atoms with Crippen molar-refractivity contribution in [1.29, 1.82) is 0 Å². The average molecular weight is 249 g/mol. The zero-order valence-electron chi connectivity index (χ0n) is 11.6. The third-order valence-electron chi connectivity index (χ3n) is 3.50. The number of hydrogen-bond donors (Lipinski definition) is 1. The fourth-order valence-corrected chi connectivity index (χ4v) is 2.32. The number of ether oxygens (including phenoxy) is 1. The normalized spacial score (nSPS) is 19.2. The molecule has 1 fully saturated rings. The highest BCUT2D eigenvalue weighted by Gasteiger charge is 2.22. The molecule has 4 nitrogen and oxygen atoms in total. The van der Waals surface area contributed by atoms with Crippen LogP contribution in [0.4, 0.5) is 5.69 Å². The van der Waals surface area contributed by atoms with Crippen LogP contribution in [0.15, 0.2) is 12.3 Å². The monoisotopic (exact) mass is 249 g/mol. The molecule has 1 aliphatic rings. The Balaban J connectivity index is 2.19. The molecule has 2 rings (SSSR count). The number of anilines is 1. The Morgan fingerprint density at radius 2 is 2.39 bits per heavy atom. The van der Waals surface area contributed by atoms with E-state index in [9.17, 15) is 0 Å². The van der Waals surface area contributed by atoms with Crippen LogP contribution in [0, 0.1) is 6.92 Å². The first kappa shape index (κ1) is 13.3. The molecule has 100 valence electrons. The van der Waals surface area contributed by atoms with Gasteiger partial charge in [0, 0.05) is 43.3 Å². The summed E-state index contributed by atoms with van der Waals surface area (Å²) in [6, 6.07) is 2.66. The zero-order chi connectivity index (χ0) is 13.0. The van der Waals surface area contributed by atoms with E-state index < -0.39 is 0 Å². The Bertz CT molecular complexity index is 389. The Labute approximate surface area is 109 Å². The van der Waals surface area contributed by atoms with E-state index in [1.807, 2.05) is 13.1 Å². The predicted octanol–water partition coefficient (Wildman–Crippen LogP) is 1.72. The van der Waals surface area contributed by atoms with E-state index in [-0.39, 0.29) is 0 Å². The van der Waals surface area contributed by atoms with Crippen LogP contribution in [0.2, 0.25) is 0 Å². The van der Waals surface area contributed by atoms with Crippen molar-refractivity contribution in [3.63, 3.8) is 0 Å². The summed E-state index contributed by atoms with van der Waals surface area (Å²) in [6.45, 7) is 7.72. The smallest absolute Gasteiger partial charge is 0.0670 e. The van der Waals surface area contributed by atoms with Gasteiger partial charge in [0.05, 0.1) is 12.6 Å². The summed E-state index contributed by atoms with van der Waals surface area (Å²) in [5, 5.41) is 3.37. The molecule has 2 heterocycles. The molecule has 0 aliphatic carbocycles. The SMILES string of the molecule is CCNCc1cnc(C)cc1N(C)C1CCOC1. The lowest BCUT2D eigenvalue weighted by Crippen LogP contribution is -2.33. The molecule has 0 bridgehead atoms. The largest absolute Gasteiger partial charge is 0.379 e. The highest BCUT2D eigenvalue weighted by molar-refractivity contribution is 5.54. The van der Waals surface area contributed by atoms with Crippen molar-refractivity contribution in [2.45, 2.75) is 32.9 Å². The highest BCUT2D eigenvalue weighted by atomic mass is 16.5. The second-order valence-electron chi connectivity index (χ2n) is 4.86. The molecule has 1 N–H and O–H groups in total. The van der Waals surface area contributed by atoms with Crippen LogP contribution >= 0.6 is 0 Å². The molecular formula is C14H23N3O. The van der Waals surface area contributed by atoms with Gasteiger partial charge in [-0.15, -0.1) is 0 Å². The number of rotatable bonds is 5. The van der Waals surface area contributed by atoms with Crippen molar-refractivity contribution in [2.75, 3.05) is 31.7 Å². The number of likely N-dealkylation sites (N-methyl/N-ethyl adjacent to an activating group) is 1. The van der Waals surface area contributed by atoms with Crippen LogP contribution in [-0.2, 0) is 11.3 Å².